The second kappa shape index (κ2) is 38.6. The summed E-state index contributed by atoms with van der Waals surface area (Å²) >= 11 is 0. The van der Waals surface area contributed by atoms with Crippen molar-refractivity contribution in [1.82, 2.24) is 0 Å². The minimum atomic E-state index is -5.93. The molecule has 12 atom stereocenters. The molecule has 8 rings (SSSR count). The summed E-state index contributed by atoms with van der Waals surface area (Å²) in [6, 6.07) is 19.2. The lowest BCUT2D eigenvalue weighted by atomic mass is 9.55. The fraction of sp³-hybridized carbons (Fsp3) is 0.703. The van der Waals surface area contributed by atoms with E-state index >= 15 is 0 Å². The second-order valence-corrected chi connectivity index (χ2v) is 56.5. The maximum absolute atomic E-state index is 14.9. The number of Topliss-reactive ketones (excluding diaryl/α,β-unsaturated/α-hetero) is 1. The Morgan fingerprint density at radius 2 is 1.01 bits per heavy atom. The second-order valence-electron chi connectivity index (χ2n) is 40.0. The average molecular weight is 1740 g/mol. The molecule has 26 heteroatoms. The molecule has 2 aromatic rings. The summed E-state index contributed by atoms with van der Waals surface area (Å²) in [6.45, 7) is 44.7. The minimum absolute atomic E-state index is 0. The van der Waals surface area contributed by atoms with E-state index in [9.17, 15) is 86.1 Å². The Morgan fingerprint density at radius 3 is 1.47 bits per heavy atom. The van der Waals surface area contributed by atoms with Gasteiger partial charge in [0.15, 0.2) is 25.0 Å². The van der Waals surface area contributed by atoms with Crippen molar-refractivity contribution < 1.29 is 99.4 Å². The van der Waals surface area contributed by atoms with E-state index in [1.54, 1.807) is 13.8 Å². The Labute approximate surface area is 693 Å². The maximum atomic E-state index is 14.9. The number of rotatable bonds is 27. The molecule has 117 heavy (non-hydrogen) atoms. The molecule has 8 nitrogen and oxygen atoms in total. The first-order chi connectivity index (χ1) is 52.7. The van der Waals surface area contributed by atoms with E-state index < -0.39 is 108 Å². The number of hydrogen-bond acceptors (Lipinski definition) is 8. The van der Waals surface area contributed by atoms with Gasteiger partial charge in [-0.25, -0.2) is 8.78 Å². The molecule has 666 valence electrons. The minimum Gasteiger partial charge on any atom is -0.413 e. The van der Waals surface area contributed by atoms with Gasteiger partial charge in [0.2, 0.25) is 0 Å². The normalized spacial score (nSPS) is 27.5. The highest BCUT2D eigenvalue weighted by Crippen LogP contribution is 2.65. The molecular formula is C91H139F14O8PSi3. The van der Waals surface area contributed by atoms with Crippen molar-refractivity contribution in [2.24, 2.45) is 45.3 Å². The third-order valence-electron chi connectivity index (χ3n) is 26.4. The van der Waals surface area contributed by atoms with Gasteiger partial charge >= 0.3 is 24.7 Å². The molecule has 2 unspecified atom stereocenters. The highest BCUT2D eigenvalue weighted by atomic mass is 31.2. The number of aliphatic hydroxyl groups is 3. The summed E-state index contributed by atoms with van der Waals surface area (Å²) < 4.78 is 227. The van der Waals surface area contributed by atoms with Gasteiger partial charge in [0.1, 0.15) is 25.3 Å². The van der Waals surface area contributed by atoms with E-state index in [1.807, 2.05) is 107 Å². The molecule has 2 aromatic carbocycles. The van der Waals surface area contributed by atoms with Crippen molar-refractivity contribution in [2.45, 2.75) is 354 Å². The Kier molecular flexibility index (Phi) is 34.1. The predicted octanol–water partition coefficient (Wildman–Crippen LogP) is 26.7. The van der Waals surface area contributed by atoms with Gasteiger partial charge < -0.3 is 33.2 Å². The topological polar surface area (TPSA) is 123 Å². The van der Waals surface area contributed by atoms with Gasteiger partial charge in [-0.1, -0.05) is 179 Å². The van der Waals surface area contributed by atoms with Crippen LogP contribution < -0.4 is 10.6 Å². The van der Waals surface area contributed by atoms with Crippen LogP contribution in [0, 0.1) is 45.3 Å². The Hall–Kier alpha value is -4.05. The van der Waals surface area contributed by atoms with Crippen molar-refractivity contribution in [3.63, 3.8) is 0 Å². The average Bonchev–Trinajstić information content (AvgIpc) is 1.67. The zero-order chi connectivity index (χ0) is 88.1. The summed E-state index contributed by atoms with van der Waals surface area (Å²) in [5.74, 6) is 0.223. The van der Waals surface area contributed by atoms with Crippen LogP contribution in [0.25, 0.3) is 0 Å². The Balaban J connectivity index is 0.000000315. The van der Waals surface area contributed by atoms with Gasteiger partial charge in [-0.15, -0.1) is 0 Å². The largest absolute Gasteiger partial charge is 0.429 e. The highest BCUT2D eigenvalue weighted by Gasteiger charge is 2.72. The molecular weight excluding hydrogens is 1600 g/mol. The summed E-state index contributed by atoms with van der Waals surface area (Å²) in [4.78, 5) is 12.8. The standard InChI is InChI=1S/C33H47F7O3.C30H52F6O3Si2.C27H36FO2PSi.CH4/c1-21-23(19-24(41)20-26(21)34)11-10-22-9-6-17-30(5)25(22)12-13-27(30)29(4,15-7-14-28(2,3)42)16-8-18-31(43,32(35,36)37)33(38,39)40;1-25(2,38-40(5,6)7)17-12-18-26(3,24-16-15-22-23(37)14-11-20-27(22,24)4)19-13-21-28(29(31,32)33,30(34,35)36)39-41(8,9)10;1-21-22(19-23(20-26(21)28)30-32(5,6)27(2,3)4)17-18-31(29,24-13-9-7-10-14-24)25-15-11-8-12-16-25;/h8,10-11,18,24-27,41-43H,1,6-7,9,12-17,19-20H2,2-5H3;13,21-22,24H,11-12,14-20H2,1-10H3;7-17,23,26H,1,18-20H2,2-6H3;1H4/b18-8+,22-10+,23-11-;21-13+;22-17-;/t24-,25?,26+,27-,29-,30+;22?,24-,26-,27+;23-,26+;/m111./s1. The monoisotopic (exact) mass is 1740 g/mol. The smallest absolute Gasteiger partial charge is 0.413 e. The number of alkyl halides is 14. The van der Waals surface area contributed by atoms with Crippen LogP contribution in [0.2, 0.25) is 57.4 Å². The lowest BCUT2D eigenvalue weighted by Gasteiger charge is -2.49. The van der Waals surface area contributed by atoms with Gasteiger partial charge in [0.05, 0.1) is 23.4 Å². The number of halogens is 14. The number of fused-ring (bicyclic) bond motifs is 2. The number of carbonyl (C=O) groups is 1. The third kappa shape index (κ3) is 25.8. The fourth-order valence-corrected chi connectivity index (χ4v) is 26.5. The first-order valence-electron chi connectivity index (χ1n) is 41.5. The van der Waals surface area contributed by atoms with Crippen LogP contribution in [0.3, 0.4) is 0 Å². The summed E-state index contributed by atoms with van der Waals surface area (Å²) in [6.07, 6.45) is -6.13. The molecule has 0 radical (unpaired) electrons. The number of allylic oxidation sites excluding steroid dienone is 8. The number of aliphatic hydroxyl groups excluding tert-OH is 1. The van der Waals surface area contributed by atoms with E-state index in [4.69, 9.17) is 13.3 Å². The number of benzene rings is 2. The van der Waals surface area contributed by atoms with Gasteiger partial charge in [-0.05, 0) is 268 Å². The van der Waals surface area contributed by atoms with Crippen molar-refractivity contribution in [3.8, 4) is 0 Å². The molecule has 0 aromatic heterocycles. The van der Waals surface area contributed by atoms with E-state index in [2.05, 4.69) is 80.5 Å². The van der Waals surface area contributed by atoms with Crippen molar-refractivity contribution in [1.29, 1.82) is 0 Å². The summed E-state index contributed by atoms with van der Waals surface area (Å²) in [5, 5.41) is 31.7. The molecule has 6 saturated carbocycles. The molecule has 6 fully saturated rings. The molecule has 0 heterocycles. The molecule has 0 spiro atoms. The van der Waals surface area contributed by atoms with E-state index in [1.165, 1.54) is 25.2 Å². The SMILES string of the molecule is C.C=C1/C(=C\C=C2/CCC[C@@]3(C)C2CC[C@@H]3[C@@](C)(C/C=C/C(O)(C(F)(F)F)C(F)(F)F)CCCC(C)(C)O)C[C@@H](O)C[C@@H]1F.C=C1/C(=C\CP(=O)(c2ccccc2)c2ccccc2)C[C@@H](O[Si](C)(C)C(C)(C)C)C[C@@H]1F.CC(C)(CCC[C@](C)(C/C=C/C(O[Si](C)(C)C)(C(F)(F)F)C(F)(F)F)[C@H]1CCC2C(=O)CCC[C@@]21C)O[Si](C)(C)C. The summed E-state index contributed by atoms with van der Waals surface area (Å²) in [7, 11) is -10.0. The van der Waals surface area contributed by atoms with Gasteiger partial charge in [0.25, 0.3) is 11.2 Å². The van der Waals surface area contributed by atoms with Crippen LogP contribution in [-0.2, 0) is 22.6 Å². The fourth-order valence-electron chi connectivity index (χ4n) is 19.6. The van der Waals surface area contributed by atoms with Crippen LogP contribution in [0.15, 0.2) is 144 Å². The first kappa shape index (κ1) is 103. The summed E-state index contributed by atoms with van der Waals surface area (Å²) in [5.41, 5.74) is -9.01. The molecule has 0 bridgehead atoms. The van der Waals surface area contributed by atoms with E-state index in [0.717, 1.165) is 92.5 Å². The molecule has 0 amide bonds. The highest BCUT2D eigenvalue weighted by molar-refractivity contribution is 7.78. The van der Waals surface area contributed by atoms with Crippen LogP contribution in [0.1, 0.15) is 225 Å². The molecule has 0 saturated heterocycles. The van der Waals surface area contributed by atoms with Gasteiger partial charge in [0, 0.05) is 42.0 Å². The van der Waals surface area contributed by atoms with E-state index in [0.29, 0.717) is 80.7 Å². The zero-order valence-electron chi connectivity index (χ0n) is 72.2. The number of ketones is 1. The lowest BCUT2D eigenvalue weighted by Crippen LogP contribution is -2.61. The molecule has 6 aliphatic rings. The van der Waals surface area contributed by atoms with Crippen molar-refractivity contribution in [2.75, 3.05) is 6.16 Å². The third-order valence-corrected chi connectivity index (χ3v) is 35.9. The first-order valence-corrected chi connectivity index (χ1v) is 53.1. The number of hydrogen-bond donors (Lipinski definition) is 3. The number of carbonyl (C=O) groups excluding carboxylic acids is 1. The van der Waals surface area contributed by atoms with Crippen LogP contribution in [-0.4, -0.2) is 124 Å². The predicted molar refractivity (Wildman–Crippen MR) is 454 cm³/mol. The lowest BCUT2D eigenvalue weighted by molar-refractivity contribution is -0.347. The van der Waals surface area contributed by atoms with Crippen LogP contribution in [0.5, 0.6) is 0 Å². The quantitative estimate of drug-likeness (QED) is 0.0350. The molecule has 0 aliphatic heterocycles. The molecule has 3 N–H and O–H groups in total. The zero-order valence-corrected chi connectivity index (χ0v) is 76.1. The van der Waals surface area contributed by atoms with Gasteiger partial charge in [-0.2, -0.15) is 52.7 Å². The van der Waals surface area contributed by atoms with E-state index in [-0.39, 0.29) is 90.3 Å². The van der Waals surface area contributed by atoms with Crippen molar-refractivity contribution >= 4 is 48.5 Å². The van der Waals surface area contributed by atoms with Crippen molar-refractivity contribution in [3.05, 3.63) is 144 Å². The van der Waals surface area contributed by atoms with Crippen LogP contribution in [0.4, 0.5) is 61.5 Å². The maximum Gasteiger partial charge on any atom is 0.429 e. The van der Waals surface area contributed by atoms with Crippen LogP contribution >= 0.6 is 7.14 Å². The van der Waals surface area contributed by atoms with Gasteiger partial charge in [-0.3, -0.25) is 4.79 Å². The molecule has 6 aliphatic carbocycles. The Bertz CT molecular complexity index is 3770. The Morgan fingerprint density at radius 1 is 0.564 bits per heavy atom.